The van der Waals surface area contributed by atoms with Gasteiger partial charge < -0.3 is 10.1 Å². The lowest BCUT2D eigenvalue weighted by Crippen LogP contribution is -2.20. The number of amidine groups is 1. The van der Waals surface area contributed by atoms with E-state index in [1.54, 1.807) is 13.8 Å². The maximum Gasteiger partial charge on any atom is 0.129 e. The summed E-state index contributed by atoms with van der Waals surface area (Å²) in [6.45, 7) is 4.27. The Bertz CT molecular complexity index is 148. The van der Waals surface area contributed by atoms with Gasteiger partial charge in [0.25, 0.3) is 0 Å². The molecule has 0 aromatic carbocycles. The lowest BCUT2D eigenvalue weighted by molar-refractivity contribution is -0.117. The molecular formula is C10H20N2O. The normalized spacial score (nSPS) is 9.69. The zero-order valence-electron chi connectivity index (χ0n) is 8.65. The Morgan fingerprint density at radius 2 is 1.77 bits per heavy atom. The first kappa shape index (κ1) is 12.1. The molecular weight excluding hydrogens is 164 g/mol. The minimum atomic E-state index is 0.286. The molecule has 0 spiro atoms. The fourth-order valence-electron chi connectivity index (χ4n) is 1.13. The first-order valence-electron chi connectivity index (χ1n) is 4.91. The van der Waals surface area contributed by atoms with Gasteiger partial charge in [-0.05, 0) is 26.7 Å². The molecule has 0 aliphatic heterocycles. The molecule has 0 rings (SSSR count). The van der Waals surface area contributed by atoms with Crippen molar-refractivity contribution in [1.29, 1.82) is 5.41 Å². The Morgan fingerprint density at radius 1 is 1.15 bits per heavy atom. The summed E-state index contributed by atoms with van der Waals surface area (Å²) in [6, 6.07) is 0. The molecule has 0 aromatic heterocycles. The van der Waals surface area contributed by atoms with Gasteiger partial charge in [0.2, 0.25) is 0 Å². The second-order valence-corrected chi connectivity index (χ2v) is 3.42. The van der Waals surface area contributed by atoms with Crippen LogP contribution in [0.1, 0.15) is 46.0 Å². The van der Waals surface area contributed by atoms with Crippen molar-refractivity contribution in [2.75, 3.05) is 6.54 Å². The van der Waals surface area contributed by atoms with Crippen molar-refractivity contribution in [2.45, 2.75) is 46.0 Å². The molecule has 0 aromatic rings. The minimum Gasteiger partial charge on any atom is -0.374 e. The highest BCUT2D eigenvalue weighted by molar-refractivity contribution is 5.75. The van der Waals surface area contributed by atoms with Crippen molar-refractivity contribution in [2.24, 2.45) is 0 Å². The molecule has 0 radical (unpaired) electrons. The molecule has 0 bridgehead atoms. The summed E-state index contributed by atoms with van der Waals surface area (Å²) in [4.78, 5) is 10.6. The van der Waals surface area contributed by atoms with Crippen LogP contribution in [-0.4, -0.2) is 18.2 Å². The van der Waals surface area contributed by atoms with E-state index in [-0.39, 0.29) is 5.78 Å². The SMILES string of the molecule is CC(=N)NCCCCCCC(C)=O. The number of rotatable bonds is 7. The fraction of sp³-hybridized carbons (Fsp3) is 0.800. The summed E-state index contributed by atoms with van der Waals surface area (Å²) in [7, 11) is 0. The van der Waals surface area contributed by atoms with E-state index >= 15 is 0 Å². The van der Waals surface area contributed by atoms with E-state index < -0.39 is 0 Å². The van der Waals surface area contributed by atoms with E-state index in [1.807, 2.05) is 0 Å². The molecule has 0 saturated heterocycles. The fourth-order valence-corrected chi connectivity index (χ4v) is 1.13. The zero-order chi connectivity index (χ0) is 10.1. The van der Waals surface area contributed by atoms with Crippen LogP contribution in [-0.2, 0) is 4.79 Å². The molecule has 0 unspecified atom stereocenters. The van der Waals surface area contributed by atoms with Gasteiger partial charge in [0.05, 0.1) is 5.84 Å². The summed E-state index contributed by atoms with van der Waals surface area (Å²) >= 11 is 0. The van der Waals surface area contributed by atoms with Crippen LogP contribution in [0, 0.1) is 5.41 Å². The molecule has 0 fully saturated rings. The molecule has 0 saturated carbocycles. The first-order chi connectivity index (χ1) is 6.13. The molecule has 0 amide bonds. The number of nitrogens with one attached hydrogen (secondary N) is 2. The number of carbonyl (C=O) groups is 1. The number of carbonyl (C=O) groups excluding carboxylic acids is 1. The third-order valence-electron chi connectivity index (χ3n) is 1.85. The Balaban J connectivity index is 3.00. The Morgan fingerprint density at radius 3 is 2.31 bits per heavy atom. The van der Waals surface area contributed by atoms with Crippen LogP contribution >= 0.6 is 0 Å². The molecule has 0 aliphatic carbocycles. The summed E-state index contributed by atoms with van der Waals surface area (Å²) in [5.74, 6) is 0.817. The summed E-state index contributed by atoms with van der Waals surface area (Å²) < 4.78 is 0. The van der Waals surface area contributed by atoms with E-state index in [0.29, 0.717) is 5.84 Å². The van der Waals surface area contributed by atoms with E-state index in [1.165, 1.54) is 0 Å². The average molecular weight is 184 g/mol. The lowest BCUT2D eigenvalue weighted by atomic mass is 10.1. The zero-order valence-corrected chi connectivity index (χ0v) is 8.65. The van der Waals surface area contributed by atoms with Gasteiger partial charge >= 0.3 is 0 Å². The van der Waals surface area contributed by atoms with Crippen molar-refractivity contribution >= 4 is 11.6 Å². The Kier molecular flexibility index (Phi) is 7.26. The van der Waals surface area contributed by atoms with E-state index in [2.05, 4.69) is 5.32 Å². The maximum atomic E-state index is 10.6. The number of hydrogen-bond acceptors (Lipinski definition) is 2. The highest BCUT2D eigenvalue weighted by Gasteiger charge is 1.93. The average Bonchev–Trinajstić information content (AvgIpc) is 2.01. The van der Waals surface area contributed by atoms with Crippen LogP contribution in [0.25, 0.3) is 0 Å². The summed E-state index contributed by atoms with van der Waals surface area (Å²) in [6.07, 6.45) is 5.09. The molecule has 3 heteroatoms. The van der Waals surface area contributed by atoms with Crippen LogP contribution < -0.4 is 5.32 Å². The Hall–Kier alpha value is -0.860. The summed E-state index contributed by atoms with van der Waals surface area (Å²) in [5.41, 5.74) is 0. The molecule has 2 N–H and O–H groups in total. The Labute approximate surface area is 80.4 Å². The standard InChI is InChI=1S/C10H20N2O/c1-9(13)7-5-3-4-6-8-12-10(2)11/h3-8H2,1-2H3,(H2,11,12). The van der Waals surface area contributed by atoms with E-state index in [0.717, 1.165) is 38.6 Å². The minimum absolute atomic E-state index is 0.286. The maximum absolute atomic E-state index is 10.6. The van der Waals surface area contributed by atoms with Crippen LogP contribution in [0.15, 0.2) is 0 Å². The molecule has 76 valence electrons. The summed E-state index contributed by atoms with van der Waals surface area (Å²) in [5, 5.41) is 10.1. The molecule has 0 heterocycles. The van der Waals surface area contributed by atoms with Gasteiger partial charge in [0.15, 0.2) is 0 Å². The van der Waals surface area contributed by atoms with Gasteiger partial charge in [-0.2, -0.15) is 0 Å². The predicted octanol–water partition coefficient (Wildman–Crippen LogP) is 2.11. The van der Waals surface area contributed by atoms with Crippen molar-refractivity contribution in [3.63, 3.8) is 0 Å². The van der Waals surface area contributed by atoms with Gasteiger partial charge in [0.1, 0.15) is 5.78 Å². The van der Waals surface area contributed by atoms with E-state index in [4.69, 9.17) is 5.41 Å². The van der Waals surface area contributed by atoms with E-state index in [9.17, 15) is 4.79 Å². The van der Waals surface area contributed by atoms with Gasteiger partial charge in [-0.15, -0.1) is 0 Å². The quantitative estimate of drug-likeness (QED) is 0.362. The van der Waals surface area contributed by atoms with Crippen molar-refractivity contribution in [3.8, 4) is 0 Å². The first-order valence-corrected chi connectivity index (χ1v) is 4.91. The van der Waals surface area contributed by atoms with Crippen LogP contribution in [0.2, 0.25) is 0 Å². The monoisotopic (exact) mass is 184 g/mol. The largest absolute Gasteiger partial charge is 0.374 e. The topological polar surface area (TPSA) is 53.0 Å². The number of hydrogen-bond donors (Lipinski definition) is 2. The number of Topliss-reactive ketones (excluding diaryl/α,β-unsaturated/α-hetero) is 1. The number of unbranched alkanes of at least 4 members (excludes halogenated alkanes) is 3. The molecule has 0 atom stereocenters. The van der Waals surface area contributed by atoms with Gasteiger partial charge in [-0.1, -0.05) is 12.8 Å². The van der Waals surface area contributed by atoms with Crippen LogP contribution in [0.3, 0.4) is 0 Å². The third kappa shape index (κ3) is 11.1. The van der Waals surface area contributed by atoms with Crippen LogP contribution in [0.4, 0.5) is 0 Å². The van der Waals surface area contributed by atoms with Gasteiger partial charge in [0, 0.05) is 13.0 Å². The smallest absolute Gasteiger partial charge is 0.129 e. The lowest BCUT2D eigenvalue weighted by Gasteiger charge is -2.02. The van der Waals surface area contributed by atoms with Crippen molar-refractivity contribution in [3.05, 3.63) is 0 Å². The molecule has 0 aliphatic rings. The van der Waals surface area contributed by atoms with Gasteiger partial charge in [-0.3, -0.25) is 5.41 Å². The van der Waals surface area contributed by atoms with Gasteiger partial charge in [-0.25, -0.2) is 0 Å². The van der Waals surface area contributed by atoms with Crippen LogP contribution in [0.5, 0.6) is 0 Å². The molecule has 3 nitrogen and oxygen atoms in total. The molecule has 13 heavy (non-hydrogen) atoms. The second-order valence-electron chi connectivity index (χ2n) is 3.42. The second kappa shape index (κ2) is 7.77. The van der Waals surface area contributed by atoms with Crippen molar-refractivity contribution in [1.82, 2.24) is 5.32 Å². The third-order valence-corrected chi connectivity index (χ3v) is 1.85. The number of ketones is 1. The van der Waals surface area contributed by atoms with Crippen molar-refractivity contribution < 1.29 is 4.79 Å². The highest BCUT2D eigenvalue weighted by atomic mass is 16.1. The highest BCUT2D eigenvalue weighted by Crippen LogP contribution is 2.02. The predicted molar refractivity (Wildman–Crippen MR) is 55.2 cm³/mol.